The molecule has 4 rings (SSSR count). The number of para-hydroxylation sites is 1. The molecule has 0 saturated carbocycles. The van der Waals surface area contributed by atoms with Gasteiger partial charge in [-0.2, -0.15) is 5.10 Å². The third kappa shape index (κ3) is 2.97. The number of hydrogen-bond donors (Lipinski definition) is 1. The summed E-state index contributed by atoms with van der Waals surface area (Å²) >= 11 is 0. The lowest BCUT2D eigenvalue weighted by atomic mass is 9.92. The topological polar surface area (TPSA) is 33.1 Å². The van der Waals surface area contributed by atoms with Gasteiger partial charge in [-0.1, -0.05) is 39.0 Å². The largest absolute Gasteiger partial charge is 0.369 e. The third-order valence-electron chi connectivity index (χ3n) is 5.81. The van der Waals surface area contributed by atoms with Crippen LogP contribution in [0.1, 0.15) is 62.3 Å². The van der Waals surface area contributed by atoms with Crippen LogP contribution < -0.4 is 5.32 Å². The molecule has 1 fully saturated rings. The van der Waals surface area contributed by atoms with Gasteiger partial charge >= 0.3 is 0 Å². The maximum atomic E-state index is 5.17. The quantitative estimate of drug-likeness (QED) is 0.908. The van der Waals surface area contributed by atoms with Crippen LogP contribution in [0.2, 0.25) is 0 Å². The minimum Gasteiger partial charge on any atom is -0.369 e. The molecule has 0 aliphatic carbocycles. The number of aromatic nitrogens is 2. The number of fused-ring (bicyclic) bond motifs is 1. The van der Waals surface area contributed by atoms with Crippen molar-refractivity contribution < 1.29 is 0 Å². The number of anilines is 1. The van der Waals surface area contributed by atoms with Gasteiger partial charge in [0, 0.05) is 24.6 Å². The van der Waals surface area contributed by atoms with Crippen molar-refractivity contribution in [1.29, 1.82) is 0 Å². The first-order valence-electron chi connectivity index (χ1n) is 9.86. The Hall–Kier alpha value is -1.81. The number of nitrogens with one attached hydrogen (secondary N) is 1. The van der Waals surface area contributed by atoms with Gasteiger partial charge in [0.1, 0.15) is 5.82 Å². The van der Waals surface area contributed by atoms with E-state index < -0.39 is 0 Å². The predicted molar refractivity (Wildman–Crippen MR) is 104 cm³/mol. The Balaban J connectivity index is 1.77. The van der Waals surface area contributed by atoms with Crippen molar-refractivity contribution in [1.82, 2.24) is 14.7 Å². The van der Waals surface area contributed by atoms with E-state index in [4.69, 9.17) is 5.10 Å². The highest BCUT2D eigenvalue weighted by Crippen LogP contribution is 2.37. The Morgan fingerprint density at radius 3 is 2.92 bits per heavy atom. The van der Waals surface area contributed by atoms with Crippen LogP contribution in [0.5, 0.6) is 0 Å². The van der Waals surface area contributed by atoms with Crippen LogP contribution in [-0.4, -0.2) is 40.9 Å². The molecule has 2 aliphatic heterocycles. The Morgan fingerprint density at radius 1 is 1.28 bits per heavy atom. The van der Waals surface area contributed by atoms with Crippen molar-refractivity contribution in [3.63, 3.8) is 0 Å². The van der Waals surface area contributed by atoms with Gasteiger partial charge in [-0.15, -0.1) is 0 Å². The van der Waals surface area contributed by atoms with Crippen LogP contribution in [0, 0.1) is 0 Å². The molecule has 4 nitrogen and oxygen atoms in total. The minimum atomic E-state index is 0.492. The molecule has 1 saturated heterocycles. The molecule has 0 amide bonds. The van der Waals surface area contributed by atoms with Crippen LogP contribution in [0.4, 0.5) is 5.82 Å². The zero-order chi connectivity index (χ0) is 17.4. The fraction of sp³-hybridized carbons (Fsp3) is 0.571. The number of benzene rings is 1. The van der Waals surface area contributed by atoms with E-state index in [1.54, 1.807) is 0 Å². The molecule has 2 aliphatic rings. The van der Waals surface area contributed by atoms with Crippen LogP contribution in [0.15, 0.2) is 24.3 Å². The van der Waals surface area contributed by atoms with Crippen LogP contribution in [-0.2, 0) is 6.42 Å². The lowest BCUT2D eigenvalue weighted by Crippen LogP contribution is -2.34. The maximum Gasteiger partial charge on any atom is 0.133 e. The summed E-state index contributed by atoms with van der Waals surface area (Å²) in [5.74, 6) is 2.30. The van der Waals surface area contributed by atoms with Crippen LogP contribution in [0.25, 0.3) is 5.69 Å². The number of piperidine rings is 1. The van der Waals surface area contributed by atoms with Gasteiger partial charge in [0.15, 0.2) is 0 Å². The minimum absolute atomic E-state index is 0.492. The monoisotopic (exact) mass is 338 g/mol. The zero-order valence-electron chi connectivity index (χ0n) is 15.8. The van der Waals surface area contributed by atoms with Crippen molar-refractivity contribution in [3.8, 4) is 5.69 Å². The molecule has 4 heteroatoms. The second kappa shape index (κ2) is 6.83. The average molecular weight is 338 g/mol. The highest BCUT2D eigenvalue weighted by atomic mass is 15.3. The van der Waals surface area contributed by atoms with Gasteiger partial charge in [0.25, 0.3) is 0 Å². The molecule has 1 N–H and O–H groups in total. The summed E-state index contributed by atoms with van der Waals surface area (Å²) in [4.78, 5) is 2.57. The highest BCUT2D eigenvalue weighted by molar-refractivity contribution is 5.59. The van der Waals surface area contributed by atoms with E-state index in [1.807, 2.05) is 0 Å². The van der Waals surface area contributed by atoms with Gasteiger partial charge in [-0.25, -0.2) is 4.68 Å². The molecule has 25 heavy (non-hydrogen) atoms. The average Bonchev–Trinajstić information content (AvgIpc) is 3.24. The van der Waals surface area contributed by atoms with Gasteiger partial charge in [0.2, 0.25) is 0 Å². The van der Waals surface area contributed by atoms with E-state index in [0.29, 0.717) is 11.8 Å². The van der Waals surface area contributed by atoms with E-state index >= 15 is 0 Å². The third-order valence-corrected chi connectivity index (χ3v) is 5.81. The highest BCUT2D eigenvalue weighted by Gasteiger charge is 2.30. The fourth-order valence-electron chi connectivity index (χ4n) is 4.44. The van der Waals surface area contributed by atoms with E-state index in [2.05, 4.69) is 59.9 Å². The molecule has 134 valence electrons. The van der Waals surface area contributed by atoms with Crippen molar-refractivity contribution in [2.45, 2.75) is 51.9 Å². The molecule has 1 unspecified atom stereocenters. The van der Waals surface area contributed by atoms with Crippen molar-refractivity contribution in [2.75, 3.05) is 31.5 Å². The predicted octanol–water partition coefficient (Wildman–Crippen LogP) is 4.16. The molecule has 1 atom stereocenters. The first-order chi connectivity index (χ1) is 12.2. The van der Waals surface area contributed by atoms with Crippen LogP contribution >= 0.6 is 0 Å². The van der Waals surface area contributed by atoms with E-state index in [9.17, 15) is 0 Å². The zero-order valence-corrected chi connectivity index (χ0v) is 15.8. The lowest BCUT2D eigenvalue weighted by molar-refractivity contribution is 0.215. The summed E-state index contributed by atoms with van der Waals surface area (Å²) in [6, 6.07) is 8.72. The molecular weight excluding hydrogens is 308 g/mol. The second-order valence-corrected chi connectivity index (χ2v) is 7.75. The smallest absolute Gasteiger partial charge is 0.133 e. The number of likely N-dealkylation sites (tertiary alicyclic amines) is 1. The lowest BCUT2D eigenvalue weighted by Gasteiger charge is -2.31. The maximum absolute atomic E-state index is 5.17. The van der Waals surface area contributed by atoms with Gasteiger partial charge < -0.3 is 10.2 Å². The van der Waals surface area contributed by atoms with Gasteiger partial charge in [-0.3, -0.25) is 0 Å². The summed E-state index contributed by atoms with van der Waals surface area (Å²) in [6.07, 6.45) is 3.67. The Bertz CT molecular complexity index is 746. The standard InChI is InChI=1S/C21H30N4/c1-4-24-13-7-8-16(14-24)20-18-11-12-22-21(18)25(23-20)19-10-6-5-9-17(19)15(2)3/h5-6,9-10,15-16,22H,4,7-8,11-14H2,1-3H3. The number of likely N-dealkylation sites (N-methyl/N-ethyl adjacent to an activating group) is 1. The van der Waals surface area contributed by atoms with Crippen molar-refractivity contribution in [2.24, 2.45) is 0 Å². The first-order valence-corrected chi connectivity index (χ1v) is 9.86. The van der Waals surface area contributed by atoms with E-state index in [0.717, 1.165) is 26.1 Å². The molecule has 1 aromatic heterocycles. The fourth-order valence-corrected chi connectivity index (χ4v) is 4.44. The summed E-state index contributed by atoms with van der Waals surface area (Å²) in [5.41, 5.74) is 5.41. The van der Waals surface area contributed by atoms with E-state index in [-0.39, 0.29) is 0 Å². The van der Waals surface area contributed by atoms with E-state index in [1.165, 1.54) is 47.7 Å². The number of nitrogens with zero attached hydrogens (tertiary/aromatic N) is 3. The Kier molecular flexibility index (Phi) is 4.55. The molecule has 0 bridgehead atoms. The Morgan fingerprint density at radius 2 is 2.12 bits per heavy atom. The van der Waals surface area contributed by atoms with Gasteiger partial charge in [-0.05, 0) is 49.9 Å². The van der Waals surface area contributed by atoms with Crippen molar-refractivity contribution in [3.05, 3.63) is 41.1 Å². The first kappa shape index (κ1) is 16.6. The number of hydrogen-bond acceptors (Lipinski definition) is 3. The van der Waals surface area contributed by atoms with Crippen LogP contribution in [0.3, 0.4) is 0 Å². The summed E-state index contributed by atoms with van der Waals surface area (Å²) in [6.45, 7) is 11.4. The summed E-state index contributed by atoms with van der Waals surface area (Å²) < 4.78 is 2.19. The Labute approximate surface area is 151 Å². The SMILES string of the molecule is CCN1CCCC(c2nn(-c3ccccc3C(C)C)c3c2CCN3)C1. The normalized spacial score (nSPS) is 20.7. The molecular formula is C21H30N4. The number of rotatable bonds is 4. The van der Waals surface area contributed by atoms with Crippen molar-refractivity contribution >= 4 is 5.82 Å². The molecule has 0 radical (unpaired) electrons. The molecule has 1 aromatic carbocycles. The molecule has 3 heterocycles. The van der Waals surface area contributed by atoms with Gasteiger partial charge in [0.05, 0.1) is 11.4 Å². The summed E-state index contributed by atoms with van der Waals surface area (Å²) in [7, 11) is 0. The molecule has 0 spiro atoms. The second-order valence-electron chi connectivity index (χ2n) is 7.75. The molecule has 2 aromatic rings. The summed E-state index contributed by atoms with van der Waals surface area (Å²) in [5, 5.41) is 8.77.